The van der Waals surface area contributed by atoms with Gasteiger partial charge in [0.15, 0.2) is 11.5 Å². The van der Waals surface area contributed by atoms with Gasteiger partial charge in [-0.3, -0.25) is 14.0 Å². The van der Waals surface area contributed by atoms with Gasteiger partial charge in [-0.15, -0.1) is 21.5 Å². The van der Waals surface area contributed by atoms with Gasteiger partial charge in [0.05, 0.1) is 30.9 Å². The number of nitrogens with zero attached hydrogens (tertiary/aromatic N) is 5. The second-order valence-electron chi connectivity index (χ2n) is 8.57. The van der Waals surface area contributed by atoms with E-state index in [0.717, 1.165) is 26.4 Å². The molecule has 3 heterocycles. The summed E-state index contributed by atoms with van der Waals surface area (Å²) in [6.07, 6.45) is 5.90. The molecule has 0 radical (unpaired) electrons. The Bertz CT molecular complexity index is 1680. The van der Waals surface area contributed by atoms with Crippen molar-refractivity contribution in [3.05, 3.63) is 81.6 Å². The number of rotatable bonds is 9. The molecule has 0 aliphatic heterocycles. The van der Waals surface area contributed by atoms with Crippen molar-refractivity contribution in [2.75, 3.05) is 20.8 Å². The van der Waals surface area contributed by atoms with Gasteiger partial charge >= 0.3 is 0 Å². The molecule has 0 unspecified atom stereocenters. The number of aryl methyl sites for hydroxylation is 1. The molecule has 2 aromatic carbocycles. The van der Waals surface area contributed by atoms with Crippen molar-refractivity contribution < 1.29 is 14.3 Å². The molecule has 0 atom stereocenters. The minimum atomic E-state index is -0.226. The lowest BCUT2D eigenvalue weighted by Crippen LogP contribution is -2.26. The topological polar surface area (TPSA) is 113 Å². The van der Waals surface area contributed by atoms with E-state index in [9.17, 15) is 9.59 Å². The Balaban J connectivity index is 1.36. The number of nitrogens with one attached hydrogen (secondary N) is 1. The lowest BCUT2D eigenvalue weighted by Gasteiger charge is -2.10. The van der Waals surface area contributed by atoms with Gasteiger partial charge in [0, 0.05) is 32.4 Å². The van der Waals surface area contributed by atoms with E-state index in [0.29, 0.717) is 30.3 Å². The molecule has 194 valence electrons. The number of hydrogen-bond acceptors (Lipinski definition) is 8. The Kier molecular flexibility index (Phi) is 7.18. The summed E-state index contributed by atoms with van der Waals surface area (Å²) < 4.78 is 14.9. The molecular formula is C27H26N6O4S. The minimum absolute atomic E-state index is 0.134. The number of methoxy groups -OCH3 is 2. The zero-order chi connectivity index (χ0) is 26.6. The fourth-order valence-electron chi connectivity index (χ4n) is 4.08. The first kappa shape index (κ1) is 25.2. The van der Waals surface area contributed by atoms with Gasteiger partial charge in [-0.05, 0) is 41.5 Å². The molecule has 0 saturated heterocycles. The summed E-state index contributed by atoms with van der Waals surface area (Å²) >= 11 is 1.54. The lowest BCUT2D eigenvalue weighted by molar-refractivity contribution is -0.120. The van der Waals surface area contributed by atoms with Crippen molar-refractivity contribution in [1.29, 1.82) is 0 Å². The van der Waals surface area contributed by atoms with Crippen LogP contribution in [0.4, 0.5) is 0 Å². The van der Waals surface area contributed by atoms with Crippen molar-refractivity contribution in [2.24, 2.45) is 7.05 Å². The van der Waals surface area contributed by atoms with Gasteiger partial charge < -0.3 is 19.4 Å². The van der Waals surface area contributed by atoms with Crippen LogP contribution in [-0.2, 0) is 18.3 Å². The molecule has 0 spiro atoms. The monoisotopic (exact) mass is 530 g/mol. The van der Waals surface area contributed by atoms with Gasteiger partial charge in [-0.1, -0.05) is 18.2 Å². The maximum absolute atomic E-state index is 13.0. The Hall–Kier alpha value is -4.51. The van der Waals surface area contributed by atoms with Crippen LogP contribution < -0.4 is 20.3 Å². The number of para-hydroxylation sites is 1. The van der Waals surface area contributed by atoms with Crippen molar-refractivity contribution in [3.63, 3.8) is 0 Å². The van der Waals surface area contributed by atoms with E-state index in [2.05, 4.69) is 15.5 Å². The highest BCUT2D eigenvalue weighted by molar-refractivity contribution is 7.19. The molecule has 10 nitrogen and oxygen atoms in total. The summed E-state index contributed by atoms with van der Waals surface area (Å²) in [5.41, 5.74) is 2.56. The minimum Gasteiger partial charge on any atom is -0.493 e. The van der Waals surface area contributed by atoms with Crippen molar-refractivity contribution in [1.82, 2.24) is 29.5 Å². The molecule has 11 heteroatoms. The third-order valence-electron chi connectivity index (χ3n) is 6.06. The molecule has 1 N–H and O–H groups in total. The molecule has 1 amide bonds. The molecule has 5 rings (SSSR count). The van der Waals surface area contributed by atoms with Gasteiger partial charge in [-0.25, -0.2) is 4.98 Å². The van der Waals surface area contributed by atoms with Crippen LogP contribution in [0.25, 0.3) is 27.5 Å². The predicted molar refractivity (Wildman–Crippen MR) is 147 cm³/mol. The van der Waals surface area contributed by atoms with Crippen LogP contribution in [-0.4, -0.2) is 50.8 Å². The molecule has 0 aliphatic rings. The van der Waals surface area contributed by atoms with Crippen LogP contribution in [0.2, 0.25) is 0 Å². The zero-order valence-corrected chi connectivity index (χ0v) is 22.0. The summed E-state index contributed by atoms with van der Waals surface area (Å²) in [6, 6.07) is 13.5. The Morgan fingerprint density at radius 3 is 2.68 bits per heavy atom. The van der Waals surface area contributed by atoms with Crippen LogP contribution in [0.15, 0.2) is 59.7 Å². The molecule has 0 aliphatic carbocycles. The first-order valence-corrected chi connectivity index (χ1v) is 12.7. The fourth-order valence-corrected chi connectivity index (χ4v) is 5.06. The Labute approximate surface area is 222 Å². The van der Waals surface area contributed by atoms with Crippen molar-refractivity contribution in [3.8, 4) is 11.5 Å². The van der Waals surface area contributed by atoms with Crippen molar-refractivity contribution >= 4 is 44.8 Å². The summed E-state index contributed by atoms with van der Waals surface area (Å²) in [5.74, 6) is 1.68. The molecule has 3 aromatic heterocycles. The Morgan fingerprint density at radius 2 is 1.89 bits per heavy atom. The number of carbonyl (C=O) groups excluding carboxylic acids is 1. The van der Waals surface area contributed by atoms with E-state index >= 15 is 0 Å². The fraction of sp³-hybridized carbons (Fsp3) is 0.222. The van der Waals surface area contributed by atoms with E-state index in [1.165, 1.54) is 4.57 Å². The number of hydrogen-bond donors (Lipinski definition) is 1. The van der Waals surface area contributed by atoms with Crippen LogP contribution in [0, 0.1) is 0 Å². The predicted octanol–water partition coefficient (Wildman–Crippen LogP) is 3.34. The molecule has 5 aromatic rings. The number of benzene rings is 2. The van der Waals surface area contributed by atoms with Crippen LogP contribution in [0.5, 0.6) is 11.5 Å². The van der Waals surface area contributed by atoms with Gasteiger partial charge in [0.1, 0.15) is 10.8 Å². The van der Waals surface area contributed by atoms with Crippen LogP contribution in [0.1, 0.15) is 22.8 Å². The third-order valence-corrected chi connectivity index (χ3v) is 7.17. The maximum atomic E-state index is 13.0. The van der Waals surface area contributed by atoms with E-state index in [-0.39, 0.29) is 23.5 Å². The first-order valence-electron chi connectivity index (χ1n) is 11.9. The number of ether oxygens (including phenoxy) is 2. The van der Waals surface area contributed by atoms with E-state index in [1.54, 1.807) is 49.4 Å². The van der Waals surface area contributed by atoms with E-state index < -0.39 is 0 Å². The summed E-state index contributed by atoms with van der Waals surface area (Å²) in [7, 11) is 4.84. The van der Waals surface area contributed by atoms with E-state index in [1.807, 2.05) is 48.5 Å². The lowest BCUT2D eigenvalue weighted by atomic mass is 10.1. The molecule has 0 fully saturated rings. The van der Waals surface area contributed by atoms with Gasteiger partial charge in [0.25, 0.3) is 5.56 Å². The smallest absolute Gasteiger partial charge is 0.295 e. The normalized spacial score (nSPS) is 11.7. The summed E-state index contributed by atoms with van der Waals surface area (Å²) in [5, 5.41) is 11.8. The first-order chi connectivity index (χ1) is 18.5. The second kappa shape index (κ2) is 10.9. The molecular weight excluding hydrogens is 504 g/mol. The highest BCUT2D eigenvalue weighted by Crippen LogP contribution is 2.33. The Morgan fingerprint density at radius 1 is 1.08 bits per heavy atom. The number of thiazole rings is 1. The highest BCUT2D eigenvalue weighted by atomic mass is 32.1. The van der Waals surface area contributed by atoms with Crippen molar-refractivity contribution in [2.45, 2.75) is 12.8 Å². The quantitative estimate of drug-likeness (QED) is 0.311. The largest absolute Gasteiger partial charge is 0.493 e. The third kappa shape index (κ3) is 5.14. The molecule has 0 bridgehead atoms. The van der Waals surface area contributed by atoms with Crippen LogP contribution in [0.3, 0.4) is 0 Å². The standard InChI is InChI=1S/C27H26N6O4S/c1-32-12-13-33-23(30-31-25(33)27(32)35)10-11-28-24(34)16-18(26-29-19-6-4-5-7-22(19)38-26)14-17-8-9-20(36-2)21(15-17)37-3/h4-9,12-15H,10-11,16H2,1-3H3,(H,28,34)/b18-14-. The second-order valence-corrected chi connectivity index (χ2v) is 9.60. The number of carbonyl (C=O) groups is 1. The number of amides is 1. The average Bonchev–Trinajstić information content (AvgIpc) is 3.55. The van der Waals surface area contributed by atoms with Gasteiger partial charge in [-0.2, -0.15) is 0 Å². The maximum Gasteiger partial charge on any atom is 0.295 e. The average molecular weight is 531 g/mol. The molecule has 38 heavy (non-hydrogen) atoms. The highest BCUT2D eigenvalue weighted by Gasteiger charge is 2.15. The molecule has 0 saturated carbocycles. The zero-order valence-electron chi connectivity index (χ0n) is 21.2. The number of fused-ring (bicyclic) bond motifs is 2. The van der Waals surface area contributed by atoms with Gasteiger partial charge in [0.2, 0.25) is 11.6 Å². The summed E-state index contributed by atoms with van der Waals surface area (Å²) in [4.78, 5) is 30.0. The van der Waals surface area contributed by atoms with E-state index in [4.69, 9.17) is 14.5 Å². The SMILES string of the molecule is COc1ccc(/C=C(/CC(=O)NCCc2nnc3c(=O)n(C)ccn23)c2nc3ccccc3s2)cc1OC. The van der Waals surface area contributed by atoms with Crippen LogP contribution >= 0.6 is 11.3 Å². The summed E-state index contributed by atoms with van der Waals surface area (Å²) in [6.45, 7) is 0.346. The number of aromatic nitrogens is 5.